The largest absolute Gasteiger partial charge is 0.368 e. The van der Waals surface area contributed by atoms with Gasteiger partial charge in [0.15, 0.2) is 5.43 Å². The van der Waals surface area contributed by atoms with E-state index in [-0.39, 0.29) is 17.8 Å². The molecule has 132 valence electrons. The van der Waals surface area contributed by atoms with Gasteiger partial charge in [-0.2, -0.15) is 0 Å². The molecule has 1 saturated carbocycles. The average Bonchev–Trinajstić information content (AvgIpc) is 3.46. The van der Waals surface area contributed by atoms with Crippen LogP contribution >= 0.6 is 0 Å². The molecular weight excluding hydrogens is 324 g/mol. The predicted octanol–water partition coefficient (Wildman–Crippen LogP) is 3.26. The maximum Gasteiger partial charge on any atom is 0.189 e. The van der Waals surface area contributed by atoms with Crippen molar-refractivity contribution < 1.29 is 8.78 Å². The quantitative estimate of drug-likeness (QED) is 0.929. The first-order chi connectivity index (χ1) is 12.1. The standard InChI is InChI=1S/C19H21F2N3O/c20-15-9-14-17(24(13-1-2-13)8-5-19(14)25)10-18(15)23-6-3-12(4-7-23)16(21)11-22/h5,8-10,13H,1-4,6-7,11,22H2. The Bertz CT molecular complexity index is 905. The number of nitrogens with two attached hydrogens (primary N) is 1. The Kier molecular flexibility index (Phi) is 4.07. The molecule has 4 rings (SSSR count). The smallest absolute Gasteiger partial charge is 0.189 e. The fourth-order valence-electron chi connectivity index (χ4n) is 3.63. The zero-order valence-corrected chi connectivity index (χ0v) is 14.0. The Morgan fingerprint density at radius 1 is 1.24 bits per heavy atom. The second kappa shape index (κ2) is 6.26. The lowest BCUT2D eigenvalue weighted by molar-refractivity contribution is 0.560. The number of anilines is 1. The van der Waals surface area contributed by atoms with Crippen LogP contribution in [0.15, 0.2) is 40.6 Å². The molecule has 1 saturated heterocycles. The second-order valence-electron chi connectivity index (χ2n) is 6.84. The van der Waals surface area contributed by atoms with E-state index < -0.39 is 5.82 Å². The highest BCUT2D eigenvalue weighted by Crippen LogP contribution is 2.38. The van der Waals surface area contributed by atoms with E-state index in [0.29, 0.717) is 43.0 Å². The number of benzene rings is 1. The van der Waals surface area contributed by atoms with Gasteiger partial charge in [-0.15, -0.1) is 0 Å². The van der Waals surface area contributed by atoms with Crippen molar-refractivity contribution in [1.29, 1.82) is 0 Å². The minimum absolute atomic E-state index is 0.0761. The molecule has 0 bridgehead atoms. The molecule has 0 atom stereocenters. The lowest BCUT2D eigenvalue weighted by Crippen LogP contribution is -2.32. The van der Waals surface area contributed by atoms with Crippen molar-refractivity contribution >= 4 is 16.6 Å². The van der Waals surface area contributed by atoms with E-state index in [1.54, 1.807) is 12.3 Å². The average molecular weight is 345 g/mol. The molecule has 0 unspecified atom stereocenters. The van der Waals surface area contributed by atoms with Crippen LogP contribution in [0.2, 0.25) is 0 Å². The van der Waals surface area contributed by atoms with Crippen LogP contribution < -0.4 is 16.1 Å². The summed E-state index contributed by atoms with van der Waals surface area (Å²) in [5.74, 6) is -0.647. The first kappa shape index (κ1) is 16.3. The number of fused-ring (bicyclic) bond motifs is 1. The maximum atomic E-state index is 14.7. The highest BCUT2D eigenvalue weighted by molar-refractivity contribution is 5.83. The van der Waals surface area contributed by atoms with Crippen molar-refractivity contribution in [2.75, 3.05) is 24.5 Å². The molecule has 1 aliphatic carbocycles. The molecule has 0 amide bonds. The Labute approximate surface area is 144 Å². The SMILES string of the molecule is NCC(F)=C1CCN(c2cc3c(cc2F)c(=O)ccn3C2CC2)CC1. The van der Waals surface area contributed by atoms with Crippen LogP contribution in [-0.2, 0) is 0 Å². The Morgan fingerprint density at radius 2 is 1.96 bits per heavy atom. The Hall–Kier alpha value is -2.21. The van der Waals surface area contributed by atoms with Gasteiger partial charge in [-0.1, -0.05) is 0 Å². The number of hydrogen-bond donors (Lipinski definition) is 1. The van der Waals surface area contributed by atoms with Gasteiger partial charge in [0.05, 0.1) is 11.2 Å². The Balaban J connectivity index is 1.72. The van der Waals surface area contributed by atoms with Crippen LogP contribution in [-0.4, -0.2) is 24.2 Å². The first-order valence-corrected chi connectivity index (χ1v) is 8.74. The molecule has 1 aliphatic heterocycles. The van der Waals surface area contributed by atoms with Crippen molar-refractivity contribution in [3.05, 3.63) is 51.8 Å². The molecule has 2 aliphatic rings. The van der Waals surface area contributed by atoms with Gasteiger partial charge in [-0.25, -0.2) is 8.78 Å². The summed E-state index contributed by atoms with van der Waals surface area (Å²) in [6.45, 7) is 1.02. The monoisotopic (exact) mass is 345 g/mol. The first-order valence-electron chi connectivity index (χ1n) is 8.74. The van der Waals surface area contributed by atoms with E-state index in [2.05, 4.69) is 4.57 Å². The number of pyridine rings is 1. The van der Waals surface area contributed by atoms with Crippen LogP contribution in [0.25, 0.3) is 10.9 Å². The summed E-state index contributed by atoms with van der Waals surface area (Å²) in [7, 11) is 0. The number of piperidine rings is 1. The van der Waals surface area contributed by atoms with Crippen LogP contribution in [0.5, 0.6) is 0 Å². The molecule has 2 fully saturated rings. The molecule has 6 heteroatoms. The van der Waals surface area contributed by atoms with E-state index >= 15 is 0 Å². The lowest BCUT2D eigenvalue weighted by atomic mass is 10.0. The fourth-order valence-corrected chi connectivity index (χ4v) is 3.63. The number of halogens is 2. The summed E-state index contributed by atoms with van der Waals surface area (Å²) in [5, 5.41) is 0.419. The maximum absolute atomic E-state index is 14.7. The van der Waals surface area contributed by atoms with Gasteiger partial charge in [-0.3, -0.25) is 4.79 Å². The van der Waals surface area contributed by atoms with Crippen molar-refractivity contribution in [3.8, 4) is 0 Å². The number of aromatic nitrogens is 1. The van der Waals surface area contributed by atoms with Crippen LogP contribution in [0.1, 0.15) is 31.7 Å². The molecule has 2 N–H and O–H groups in total. The zero-order chi connectivity index (χ0) is 17.6. The zero-order valence-electron chi connectivity index (χ0n) is 14.0. The summed E-state index contributed by atoms with van der Waals surface area (Å²) < 4.78 is 30.4. The molecule has 4 nitrogen and oxygen atoms in total. The third-order valence-electron chi connectivity index (χ3n) is 5.21. The minimum Gasteiger partial charge on any atom is -0.368 e. The predicted molar refractivity (Wildman–Crippen MR) is 95.1 cm³/mol. The molecule has 25 heavy (non-hydrogen) atoms. The fraction of sp³-hybridized carbons (Fsp3) is 0.421. The lowest BCUT2D eigenvalue weighted by Gasteiger charge is -2.31. The van der Waals surface area contributed by atoms with E-state index in [0.717, 1.165) is 23.9 Å². The van der Waals surface area contributed by atoms with Gasteiger partial charge in [0, 0.05) is 43.3 Å². The van der Waals surface area contributed by atoms with Crippen LogP contribution in [0.3, 0.4) is 0 Å². The summed E-state index contributed by atoms with van der Waals surface area (Å²) in [6.07, 6.45) is 5.06. The molecular formula is C19H21F2N3O. The summed E-state index contributed by atoms with van der Waals surface area (Å²) >= 11 is 0. The van der Waals surface area contributed by atoms with E-state index in [4.69, 9.17) is 5.73 Å². The summed E-state index contributed by atoms with van der Waals surface area (Å²) in [4.78, 5) is 14.0. The second-order valence-corrected chi connectivity index (χ2v) is 6.84. The number of rotatable bonds is 3. The molecule has 1 aromatic heterocycles. The Morgan fingerprint density at radius 3 is 2.60 bits per heavy atom. The van der Waals surface area contributed by atoms with Gasteiger partial charge < -0.3 is 15.2 Å². The van der Waals surface area contributed by atoms with Gasteiger partial charge in [-0.05, 0) is 43.4 Å². The van der Waals surface area contributed by atoms with Gasteiger partial charge in [0.25, 0.3) is 0 Å². The van der Waals surface area contributed by atoms with E-state index in [1.165, 1.54) is 12.1 Å². The van der Waals surface area contributed by atoms with Gasteiger partial charge >= 0.3 is 0 Å². The highest BCUT2D eigenvalue weighted by atomic mass is 19.1. The van der Waals surface area contributed by atoms with Crippen LogP contribution in [0.4, 0.5) is 14.5 Å². The number of hydrogen-bond acceptors (Lipinski definition) is 3. The molecule has 2 heterocycles. The van der Waals surface area contributed by atoms with Crippen molar-refractivity contribution in [2.24, 2.45) is 5.73 Å². The van der Waals surface area contributed by atoms with Crippen molar-refractivity contribution in [1.82, 2.24) is 4.57 Å². The van der Waals surface area contributed by atoms with Crippen molar-refractivity contribution in [3.63, 3.8) is 0 Å². The van der Waals surface area contributed by atoms with Gasteiger partial charge in [0.2, 0.25) is 0 Å². The topological polar surface area (TPSA) is 51.3 Å². The molecule has 1 aromatic carbocycles. The molecule has 2 aromatic rings. The van der Waals surface area contributed by atoms with E-state index in [9.17, 15) is 13.6 Å². The molecule has 0 radical (unpaired) electrons. The minimum atomic E-state index is -0.398. The summed E-state index contributed by atoms with van der Waals surface area (Å²) in [5.41, 5.74) is 7.20. The van der Waals surface area contributed by atoms with Crippen molar-refractivity contribution in [2.45, 2.75) is 31.7 Å². The van der Waals surface area contributed by atoms with E-state index in [1.807, 2.05) is 4.90 Å². The number of nitrogens with zero attached hydrogens (tertiary/aromatic N) is 2. The highest BCUT2D eigenvalue weighted by Gasteiger charge is 2.26. The third kappa shape index (κ3) is 2.95. The normalized spacial score (nSPS) is 18.0. The van der Waals surface area contributed by atoms with Crippen LogP contribution in [0, 0.1) is 5.82 Å². The molecule has 0 spiro atoms. The van der Waals surface area contributed by atoms with Gasteiger partial charge in [0.1, 0.15) is 11.6 Å². The third-order valence-corrected chi connectivity index (χ3v) is 5.21. The summed E-state index contributed by atoms with van der Waals surface area (Å²) in [6, 6.07) is 5.03.